The molecule has 0 radical (unpaired) electrons. The highest BCUT2D eigenvalue weighted by atomic mass is 16.2. The van der Waals surface area contributed by atoms with Crippen LogP contribution < -0.4 is 5.32 Å². The van der Waals surface area contributed by atoms with Gasteiger partial charge in [-0.1, -0.05) is 44.2 Å². The van der Waals surface area contributed by atoms with Crippen molar-refractivity contribution in [1.82, 2.24) is 10.2 Å². The number of hydrogen-bond acceptors (Lipinski definition) is 2. The minimum absolute atomic E-state index is 0.0420. The molecule has 3 rings (SSSR count). The first kappa shape index (κ1) is 18.2. The predicted molar refractivity (Wildman–Crippen MR) is 103 cm³/mol. The van der Waals surface area contributed by atoms with Crippen LogP contribution >= 0.6 is 0 Å². The number of benzene rings is 2. The summed E-state index contributed by atoms with van der Waals surface area (Å²) in [4.78, 5) is 26.8. The number of nitrogens with zero attached hydrogens (tertiary/aromatic N) is 1. The van der Waals surface area contributed by atoms with Crippen LogP contribution in [0.4, 0.5) is 0 Å². The molecule has 2 aromatic rings. The van der Waals surface area contributed by atoms with Crippen LogP contribution in [0.5, 0.6) is 0 Å². The maximum absolute atomic E-state index is 12.7. The number of piperidine rings is 1. The molecule has 136 valence electrons. The Balaban J connectivity index is 1.53. The standard InChI is InChI=1S/C22H26N2O2/c1-16(2)17-8-10-19(11-9-17)22(26)24-14-12-20(13-15-24)23-21(25)18-6-4-3-5-7-18/h3-11,16,20H,12-15H2,1-2H3,(H,23,25). The fourth-order valence-corrected chi connectivity index (χ4v) is 3.28. The minimum atomic E-state index is -0.0420. The quantitative estimate of drug-likeness (QED) is 0.911. The van der Waals surface area contributed by atoms with Crippen molar-refractivity contribution < 1.29 is 9.59 Å². The first-order valence-corrected chi connectivity index (χ1v) is 9.29. The van der Waals surface area contributed by atoms with Gasteiger partial charge in [-0.25, -0.2) is 0 Å². The molecular weight excluding hydrogens is 324 g/mol. The molecule has 1 aliphatic rings. The van der Waals surface area contributed by atoms with Gasteiger partial charge in [0.25, 0.3) is 11.8 Å². The van der Waals surface area contributed by atoms with Crippen LogP contribution in [0.2, 0.25) is 0 Å². The Bertz CT molecular complexity index is 745. The molecule has 1 aliphatic heterocycles. The number of hydrogen-bond donors (Lipinski definition) is 1. The van der Waals surface area contributed by atoms with Crippen molar-refractivity contribution in [3.05, 3.63) is 71.3 Å². The van der Waals surface area contributed by atoms with Gasteiger partial charge in [0.1, 0.15) is 0 Å². The molecule has 1 fully saturated rings. The van der Waals surface area contributed by atoms with Crippen molar-refractivity contribution in [3.8, 4) is 0 Å². The predicted octanol–water partition coefficient (Wildman–Crippen LogP) is 3.84. The molecule has 0 bridgehead atoms. The monoisotopic (exact) mass is 350 g/mol. The smallest absolute Gasteiger partial charge is 0.253 e. The highest BCUT2D eigenvalue weighted by Gasteiger charge is 2.24. The molecule has 0 unspecified atom stereocenters. The highest BCUT2D eigenvalue weighted by molar-refractivity contribution is 5.95. The van der Waals surface area contributed by atoms with E-state index in [0.29, 0.717) is 24.6 Å². The van der Waals surface area contributed by atoms with E-state index in [-0.39, 0.29) is 17.9 Å². The summed E-state index contributed by atoms with van der Waals surface area (Å²) in [7, 11) is 0. The first-order valence-electron chi connectivity index (χ1n) is 9.29. The molecule has 4 nitrogen and oxygen atoms in total. The molecule has 0 aromatic heterocycles. The third-order valence-electron chi connectivity index (χ3n) is 4.98. The van der Waals surface area contributed by atoms with Crippen molar-refractivity contribution in [2.45, 2.75) is 38.6 Å². The normalized spacial score (nSPS) is 15.1. The second-order valence-corrected chi connectivity index (χ2v) is 7.18. The van der Waals surface area contributed by atoms with E-state index in [1.165, 1.54) is 5.56 Å². The Morgan fingerprint density at radius 3 is 2.12 bits per heavy atom. The molecule has 2 amide bonds. The topological polar surface area (TPSA) is 49.4 Å². The number of rotatable bonds is 4. The van der Waals surface area contributed by atoms with Crippen LogP contribution in [0.3, 0.4) is 0 Å². The van der Waals surface area contributed by atoms with Gasteiger partial charge in [-0.15, -0.1) is 0 Å². The van der Waals surface area contributed by atoms with E-state index in [0.717, 1.165) is 18.4 Å². The van der Waals surface area contributed by atoms with Gasteiger partial charge in [-0.2, -0.15) is 0 Å². The van der Waals surface area contributed by atoms with E-state index in [1.54, 1.807) is 0 Å². The van der Waals surface area contributed by atoms with Gasteiger partial charge in [-0.05, 0) is 48.6 Å². The zero-order valence-electron chi connectivity index (χ0n) is 15.4. The molecule has 1 heterocycles. The Hall–Kier alpha value is -2.62. The van der Waals surface area contributed by atoms with Crippen molar-refractivity contribution in [2.24, 2.45) is 0 Å². The van der Waals surface area contributed by atoms with Gasteiger partial charge < -0.3 is 10.2 Å². The van der Waals surface area contributed by atoms with Gasteiger partial charge in [-0.3, -0.25) is 9.59 Å². The number of nitrogens with one attached hydrogen (secondary N) is 1. The Morgan fingerprint density at radius 2 is 1.54 bits per heavy atom. The Morgan fingerprint density at radius 1 is 0.923 bits per heavy atom. The molecule has 4 heteroatoms. The molecule has 0 spiro atoms. The lowest BCUT2D eigenvalue weighted by atomic mass is 10.00. The fraction of sp³-hybridized carbons (Fsp3) is 0.364. The van der Waals surface area contributed by atoms with Crippen molar-refractivity contribution in [1.29, 1.82) is 0 Å². The zero-order chi connectivity index (χ0) is 18.5. The summed E-state index contributed by atoms with van der Waals surface area (Å²) in [6, 6.07) is 17.3. The molecule has 0 aliphatic carbocycles. The average molecular weight is 350 g/mol. The van der Waals surface area contributed by atoms with Crippen LogP contribution in [-0.2, 0) is 0 Å². The summed E-state index contributed by atoms with van der Waals surface area (Å²) in [6.45, 7) is 5.63. The lowest BCUT2D eigenvalue weighted by Crippen LogP contribution is -2.46. The van der Waals surface area contributed by atoms with Crippen LogP contribution in [0.1, 0.15) is 58.9 Å². The minimum Gasteiger partial charge on any atom is -0.349 e. The second kappa shape index (κ2) is 8.17. The molecule has 0 atom stereocenters. The van der Waals surface area contributed by atoms with Crippen LogP contribution in [0, 0.1) is 0 Å². The maximum atomic E-state index is 12.7. The van der Waals surface area contributed by atoms with Crippen LogP contribution in [0.15, 0.2) is 54.6 Å². The SMILES string of the molecule is CC(C)c1ccc(C(=O)N2CCC(NC(=O)c3ccccc3)CC2)cc1. The number of amides is 2. The van der Waals surface area contributed by atoms with Gasteiger partial charge in [0.2, 0.25) is 0 Å². The van der Waals surface area contributed by atoms with Crippen molar-refractivity contribution in [3.63, 3.8) is 0 Å². The van der Waals surface area contributed by atoms with Gasteiger partial charge in [0, 0.05) is 30.3 Å². The number of carbonyl (C=O) groups excluding carboxylic acids is 2. The summed E-state index contributed by atoms with van der Waals surface area (Å²) < 4.78 is 0. The molecule has 2 aromatic carbocycles. The van der Waals surface area contributed by atoms with E-state index >= 15 is 0 Å². The second-order valence-electron chi connectivity index (χ2n) is 7.18. The Labute approximate surface area is 155 Å². The molecule has 26 heavy (non-hydrogen) atoms. The molecule has 1 N–H and O–H groups in total. The third kappa shape index (κ3) is 4.31. The Kier molecular flexibility index (Phi) is 5.71. The fourth-order valence-electron chi connectivity index (χ4n) is 3.28. The van der Waals surface area contributed by atoms with Crippen molar-refractivity contribution >= 4 is 11.8 Å². The molecule has 0 saturated carbocycles. The van der Waals surface area contributed by atoms with E-state index in [2.05, 4.69) is 19.2 Å². The van der Waals surface area contributed by atoms with Gasteiger partial charge in [0.15, 0.2) is 0 Å². The summed E-state index contributed by atoms with van der Waals surface area (Å²) in [5.74, 6) is 0.496. The first-order chi connectivity index (χ1) is 12.5. The van der Waals surface area contributed by atoms with Crippen molar-refractivity contribution in [2.75, 3.05) is 13.1 Å². The maximum Gasteiger partial charge on any atom is 0.253 e. The highest BCUT2D eigenvalue weighted by Crippen LogP contribution is 2.18. The lowest BCUT2D eigenvalue weighted by molar-refractivity contribution is 0.0698. The summed E-state index contributed by atoms with van der Waals surface area (Å²) >= 11 is 0. The van der Waals surface area contributed by atoms with E-state index in [9.17, 15) is 9.59 Å². The number of carbonyl (C=O) groups is 2. The van der Waals surface area contributed by atoms with Gasteiger partial charge in [0.05, 0.1) is 0 Å². The lowest BCUT2D eigenvalue weighted by Gasteiger charge is -2.32. The summed E-state index contributed by atoms with van der Waals surface area (Å²) in [5.41, 5.74) is 2.65. The van der Waals surface area contributed by atoms with Crippen LogP contribution in [-0.4, -0.2) is 35.8 Å². The zero-order valence-corrected chi connectivity index (χ0v) is 15.4. The summed E-state index contributed by atoms with van der Waals surface area (Å²) in [6.07, 6.45) is 1.57. The molecular formula is C22H26N2O2. The van der Waals surface area contributed by atoms with Crippen LogP contribution in [0.25, 0.3) is 0 Å². The number of likely N-dealkylation sites (tertiary alicyclic amines) is 1. The van der Waals surface area contributed by atoms with E-state index < -0.39 is 0 Å². The average Bonchev–Trinajstić information content (AvgIpc) is 2.69. The van der Waals surface area contributed by atoms with E-state index in [1.807, 2.05) is 59.5 Å². The molecule has 1 saturated heterocycles. The summed E-state index contributed by atoms with van der Waals surface area (Å²) in [5, 5.41) is 3.08. The largest absolute Gasteiger partial charge is 0.349 e. The van der Waals surface area contributed by atoms with Gasteiger partial charge >= 0.3 is 0 Å². The third-order valence-corrected chi connectivity index (χ3v) is 4.98. The van der Waals surface area contributed by atoms with E-state index in [4.69, 9.17) is 0 Å².